The van der Waals surface area contributed by atoms with Gasteiger partial charge in [-0.15, -0.1) is 0 Å². The Bertz CT molecular complexity index is 227. The van der Waals surface area contributed by atoms with Gasteiger partial charge in [0.1, 0.15) is 0 Å². The molecule has 3 heteroatoms. The normalized spacial score (nSPS) is 18.3. The number of hydrogen-bond acceptors (Lipinski definition) is 3. The maximum atomic E-state index is 5.68. The van der Waals surface area contributed by atoms with Gasteiger partial charge in [0.25, 0.3) is 0 Å². The van der Waals surface area contributed by atoms with E-state index in [9.17, 15) is 0 Å². The van der Waals surface area contributed by atoms with Crippen LogP contribution in [0.15, 0.2) is 0 Å². The molecular formula is C15H32N2O. The summed E-state index contributed by atoms with van der Waals surface area (Å²) in [6.07, 6.45) is 3.92. The van der Waals surface area contributed by atoms with Gasteiger partial charge in [-0.1, -0.05) is 6.92 Å². The predicted octanol–water partition coefficient (Wildman–Crippen LogP) is 2.51. The molecule has 1 saturated carbocycles. The molecule has 1 fully saturated rings. The molecule has 108 valence electrons. The summed E-state index contributed by atoms with van der Waals surface area (Å²) in [5, 5.41) is 3.63. The molecular weight excluding hydrogens is 224 g/mol. The minimum atomic E-state index is 0.248. The van der Waals surface area contributed by atoms with Gasteiger partial charge in [-0.25, -0.2) is 0 Å². The molecule has 1 aliphatic rings. The van der Waals surface area contributed by atoms with Gasteiger partial charge in [-0.05, 0) is 53.0 Å². The lowest BCUT2D eigenvalue weighted by Gasteiger charge is -2.30. The lowest BCUT2D eigenvalue weighted by Crippen LogP contribution is -2.47. The molecule has 1 aliphatic carbocycles. The first kappa shape index (κ1) is 15.9. The maximum Gasteiger partial charge on any atom is 0.0593 e. The molecule has 0 aromatic carbocycles. The molecule has 3 nitrogen and oxygen atoms in total. The highest BCUT2D eigenvalue weighted by atomic mass is 16.5. The fourth-order valence-corrected chi connectivity index (χ4v) is 1.67. The number of likely N-dealkylation sites (N-methyl/N-ethyl adjacent to an activating group) is 1. The smallest absolute Gasteiger partial charge is 0.0593 e. The van der Waals surface area contributed by atoms with Gasteiger partial charge < -0.3 is 15.0 Å². The zero-order chi connectivity index (χ0) is 13.6. The van der Waals surface area contributed by atoms with Crippen molar-refractivity contribution in [2.45, 2.75) is 58.5 Å². The molecule has 1 unspecified atom stereocenters. The van der Waals surface area contributed by atoms with Crippen molar-refractivity contribution in [1.82, 2.24) is 10.2 Å². The average molecular weight is 256 g/mol. The Hall–Kier alpha value is -0.120. The molecule has 1 atom stereocenters. The summed E-state index contributed by atoms with van der Waals surface area (Å²) in [7, 11) is 2.19. The standard InChI is InChI=1S/C15H32N2O/c1-6-15(3,4)16-11-13(2)17(5)9-10-18-12-14-7-8-14/h13-14,16H,6-12H2,1-5H3. The van der Waals surface area contributed by atoms with E-state index in [2.05, 4.69) is 45.0 Å². The van der Waals surface area contributed by atoms with Gasteiger partial charge in [-0.3, -0.25) is 0 Å². The van der Waals surface area contributed by atoms with E-state index in [0.717, 1.165) is 38.6 Å². The SMILES string of the molecule is CCC(C)(C)NCC(C)N(C)CCOCC1CC1. The van der Waals surface area contributed by atoms with E-state index >= 15 is 0 Å². The molecule has 0 spiro atoms. The Morgan fingerprint density at radius 1 is 1.39 bits per heavy atom. The first-order chi connectivity index (χ1) is 8.44. The Labute approximate surface area is 113 Å². The third-order valence-electron chi connectivity index (χ3n) is 4.15. The summed E-state index contributed by atoms with van der Waals surface area (Å²) < 4.78 is 5.68. The maximum absolute atomic E-state index is 5.68. The Morgan fingerprint density at radius 3 is 2.61 bits per heavy atom. The van der Waals surface area contributed by atoms with Crippen LogP contribution in [0.1, 0.15) is 47.0 Å². The molecule has 0 aromatic rings. The van der Waals surface area contributed by atoms with Crippen molar-refractivity contribution in [2.24, 2.45) is 5.92 Å². The number of rotatable bonds is 10. The molecule has 1 rings (SSSR count). The van der Waals surface area contributed by atoms with E-state index in [1.165, 1.54) is 12.8 Å². The molecule has 0 aliphatic heterocycles. The highest BCUT2D eigenvalue weighted by Crippen LogP contribution is 2.28. The number of hydrogen-bond donors (Lipinski definition) is 1. The zero-order valence-electron chi connectivity index (χ0n) is 13.0. The molecule has 0 amide bonds. The van der Waals surface area contributed by atoms with Gasteiger partial charge in [-0.2, -0.15) is 0 Å². The van der Waals surface area contributed by atoms with Crippen LogP contribution in [0.4, 0.5) is 0 Å². The van der Waals surface area contributed by atoms with E-state index in [1.54, 1.807) is 0 Å². The molecule has 0 bridgehead atoms. The van der Waals surface area contributed by atoms with E-state index in [1.807, 2.05) is 0 Å². The average Bonchev–Trinajstić information content (AvgIpc) is 3.15. The second kappa shape index (κ2) is 7.46. The van der Waals surface area contributed by atoms with Crippen molar-refractivity contribution in [3.8, 4) is 0 Å². The third-order valence-corrected chi connectivity index (χ3v) is 4.15. The van der Waals surface area contributed by atoms with Gasteiger partial charge in [0.15, 0.2) is 0 Å². The summed E-state index contributed by atoms with van der Waals surface area (Å²) in [6.45, 7) is 12.9. The van der Waals surface area contributed by atoms with Crippen molar-refractivity contribution in [1.29, 1.82) is 0 Å². The predicted molar refractivity (Wildman–Crippen MR) is 78.0 cm³/mol. The van der Waals surface area contributed by atoms with Crippen LogP contribution in [0.5, 0.6) is 0 Å². The van der Waals surface area contributed by atoms with Crippen LogP contribution < -0.4 is 5.32 Å². The summed E-state index contributed by atoms with van der Waals surface area (Å²) in [6, 6.07) is 0.556. The minimum absolute atomic E-state index is 0.248. The Kier molecular flexibility index (Phi) is 6.61. The van der Waals surface area contributed by atoms with Crippen LogP contribution in [0, 0.1) is 5.92 Å². The van der Waals surface area contributed by atoms with E-state index in [4.69, 9.17) is 4.74 Å². The van der Waals surface area contributed by atoms with Crippen molar-refractivity contribution in [3.63, 3.8) is 0 Å². The first-order valence-electron chi connectivity index (χ1n) is 7.47. The van der Waals surface area contributed by atoms with Crippen molar-refractivity contribution < 1.29 is 4.74 Å². The largest absolute Gasteiger partial charge is 0.380 e. The number of ether oxygens (including phenoxy) is 1. The van der Waals surface area contributed by atoms with Gasteiger partial charge in [0, 0.05) is 31.3 Å². The van der Waals surface area contributed by atoms with Crippen LogP contribution >= 0.6 is 0 Å². The monoisotopic (exact) mass is 256 g/mol. The van der Waals surface area contributed by atoms with E-state index < -0.39 is 0 Å². The summed E-state index contributed by atoms with van der Waals surface area (Å²) in [4.78, 5) is 2.38. The summed E-state index contributed by atoms with van der Waals surface area (Å²) in [5.41, 5.74) is 0.248. The highest BCUT2D eigenvalue weighted by molar-refractivity contribution is 4.78. The first-order valence-corrected chi connectivity index (χ1v) is 7.47. The van der Waals surface area contributed by atoms with Crippen LogP contribution in [-0.4, -0.2) is 49.8 Å². The molecule has 0 saturated heterocycles. The molecule has 0 heterocycles. The third kappa shape index (κ3) is 6.72. The van der Waals surface area contributed by atoms with Crippen LogP contribution in [0.3, 0.4) is 0 Å². The topological polar surface area (TPSA) is 24.5 Å². The molecule has 1 N–H and O–H groups in total. The van der Waals surface area contributed by atoms with Gasteiger partial charge >= 0.3 is 0 Å². The van der Waals surface area contributed by atoms with E-state index in [-0.39, 0.29) is 5.54 Å². The fourth-order valence-electron chi connectivity index (χ4n) is 1.67. The molecule has 18 heavy (non-hydrogen) atoms. The highest BCUT2D eigenvalue weighted by Gasteiger charge is 2.21. The number of nitrogens with one attached hydrogen (secondary N) is 1. The van der Waals surface area contributed by atoms with Crippen molar-refractivity contribution in [3.05, 3.63) is 0 Å². The zero-order valence-corrected chi connectivity index (χ0v) is 13.0. The molecule has 0 aromatic heterocycles. The second-order valence-electron chi connectivity index (χ2n) is 6.47. The Balaban J connectivity index is 2.05. The van der Waals surface area contributed by atoms with Gasteiger partial charge in [0.05, 0.1) is 6.61 Å². The van der Waals surface area contributed by atoms with Crippen molar-refractivity contribution in [2.75, 3.05) is 33.4 Å². The second-order valence-corrected chi connectivity index (χ2v) is 6.47. The summed E-state index contributed by atoms with van der Waals surface area (Å²) in [5.74, 6) is 0.875. The Morgan fingerprint density at radius 2 is 2.06 bits per heavy atom. The van der Waals surface area contributed by atoms with E-state index in [0.29, 0.717) is 6.04 Å². The van der Waals surface area contributed by atoms with Crippen LogP contribution in [0.2, 0.25) is 0 Å². The summed E-state index contributed by atoms with van der Waals surface area (Å²) >= 11 is 0. The molecule has 0 radical (unpaired) electrons. The fraction of sp³-hybridized carbons (Fsp3) is 1.00. The quantitative estimate of drug-likeness (QED) is 0.608. The van der Waals surface area contributed by atoms with Crippen LogP contribution in [-0.2, 0) is 4.74 Å². The lowest BCUT2D eigenvalue weighted by molar-refractivity contribution is 0.0922. The van der Waals surface area contributed by atoms with Crippen LogP contribution in [0.25, 0.3) is 0 Å². The lowest BCUT2D eigenvalue weighted by atomic mass is 10.0. The number of nitrogens with zero attached hydrogens (tertiary/aromatic N) is 1. The minimum Gasteiger partial charge on any atom is -0.380 e. The van der Waals surface area contributed by atoms with Crippen molar-refractivity contribution >= 4 is 0 Å². The van der Waals surface area contributed by atoms with Gasteiger partial charge in [0.2, 0.25) is 0 Å².